The lowest BCUT2D eigenvalue weighted by atomic mass is 10.1. The van der Waals surface area contributed by atoms with Crippen molar-refractivity contribution in [2.45, 2.75) is 12.5 Å². The Morgan fingerprint density at radius 1 is 1.18 bits per heavy atom. The lowest BCUT2D eigenvalue weighted by Gasteiger charge is -2.09. The van der Waals surface area contributed by atoms with Gasteiger partial charge in [0.25, 0.3) is 0 Å². The Labute approximate surface area is 120 Å². The third-order valence-electron chi connectivity index (χ3n) is 2.27. The second kappa shape index (κ2) is 5.61. The van der Waals surface area contributed by atoms with E-state index >= 15 is 0 Å². The van der Waals surface area contributed by atoms with E-state index in [2.05, 4.69) is 31.9 Å². The molecule has 17 heavy (non-hydrogen) atoms. The molecule has 2 rings (SSSR count). The molecule has 0 aliphatic heterocycles. The Kier molecular flexibility index (Phi) is 4.36. The molecule has 0 saturated heterocycles. The summed E-state index contributed by atoms with van der Waals surface area (Å²) in [6.45, 7) is 0. The van der Waals surface area contributed by atoms with Crippen LogP contribution in [0.3, 0.4) is 0 Å². The van der Waals surface area contributed by atoms with Crippen molar-refractivity contribution in [2.75, 3.05) is 0 Å². The highest BCUT2D eigenvalue weighted by atomic mass is 79.9. The van der Waals surface area contributed by atoms with Gasteiger partial charge in [-0.3, -0.25) is 0 Å². The molecular weight excluding hydrogens is 371 g/mol. The molecule has 1 aromatic heterocycles. The summed E-state index contributed by atoms with van der Waals surface area (Å²) in [5.74, 6) is -0.297. The lowest BCUT2D eigenvalue weighted by molar-refractivity contribution is 0.182. The Bertz CT molecular complexity index is 507. The van der Waals surface area contributed by atoms with Crippen LogP contribution in [0.25, 0.3) is 0 Å². The van der Waals surface area contributed by atoms with E-state index in [1.165, 1.54) is 23.5 Å². The van der Waals surface area contributed by atoms with Crippen LogP contribution < -0.4 is 0 Å². The Morgan fingerprint density at radius 2 is 1.94 bits per heavy atom. The predicted molar refractivity (Wildman–Crippen MR) is 74.8 cm³/mol. The summed E-state index contributed by atoms with van der Waals surface area (Å²) in [5, 5.41) is 11.9. The van der Waals surface area contributed by atoms with Gasteiger partial charge in [0.05, 0.1) is 6.10 Å². The number of aliphatic hydroxyl groups excluding tert-OH is 1. The van der Waals surface area contributed by atoms with Crippen LogP contribution in [0.1, 0.15) is 16.5 Å². The van der Waals surface area contributed by atoms with E-state index in [1.54, 1.807) is 0 Å². The van der Waals surface area contributed by atoms with Gasteiger partial charge < -0.3 is 5.11 Å². The molecule has 1 heterocycles. The van der Waals surface area contributed by atoms with Gasteiger partial charge in [-0.15, -0.1) is 11.3 Å². The SMILES string of the molecule is OC(Cc1cc(F)cc(Br)c1)c1cc(Br)cs1. The number of rotatable bonds is 3. The van der Waals surface area contributed by atoms with Gasteiger partial charge in [-0.1, -0.05) is 15.9 Å². The van der Waals surface area contributed by atoms with E-state index in [4.69, 9.17) is 0 Å². The molecule has 1 unspecified atom stereocenters. The minimum atomic E-state index is -0.597. The first-order valence-electron chi connectivity index (χ1n) is 4.91. The third-order valence-corrected chi connectivity index (χ3v) is 4.52. The summed E-state index contributed by atoms with van der Waals surface area (Å²) in [7, 11) is 0. The number of benzene rings is 1. The van der Waals surface area contributed by atoms with Crippen LogP contribution in [0, 0.1) is 5.82 Å². The molecule has 5 heteroatoms. The van der Waals surface area contributed by atoms with E-state index in [1.807, 2.05) is 17.5 Å². The van der Waals surface area contributed by atoms with E-state index in [9.17, 15) is 9.50 Å². The van der Waals surface area contributed by atoms with Crippen molar-refractivity contribution >= 4 is 43.2 Å². The molecule has 1 nitrogen and oxygen atoms in total. The fourth-order valence-corrected chi connectivity index (χ4v) is 3.50. The van der Waals surface area contributed by atoms with Crippen molar-refractivity contribution in [1.29, 1.82) is 0 Å². The van der Waals surface area contributed by atoms with Crippen LogP contribution >= 0.6 is 43.2 Å². The third kappa shape index (κ3) is 3.61. The highest BCUT2D eigenvalue weighted by Gasteiger charge is 2.12. The summed E-state index contributed by atoms with van der Waals surface area (Å²) in [4.78, 5) is 0.872. The predicted octanol–water partition coefficient (Wildman–Crippen LogP) is 4.69. The minimum absolute atomic E-state index is 0.297. The van der Waals surface area contributed by atoms with Crippen molar-refractivity contribution in [3.63, 3.8) is 0 Å². The first-order chi connectivity index (χ1) is 8.04. The number of hydrogen-bond donors (Lipinski definition) is 1. The van der Waals surface area contributed by atoms with Gasteiger partial charge in [0.15, 0.2) is 0 Å². The average molecular weight is 380 g/mol. The second-order valence-electron chi connectivity index (χ2n) is 3.66. The first kappa shape index (κ1) is 13.2. The molecule has 0 bridgehead atoms. The topological polar surface area (TPSA) is 20.2 Å². The summed E-state index contributed by atoms with van der Waals surface area (Å²) in [6, 6.07) is 6.53. The molecule has 90 valence electrons. The fourth-order valence-electron chi connectivity index (χ4n) is 1.56. The number of halogens is 3. The van der Waals surface area contributed by atoms with Crippen LogP contribution in [0.5, 0.6) is 0 Å². The Balaban J connectivity index is 2.15. The zero-order valence-electron chi connectivity index (χ0n) is 8.66. The maximum absolute atomic E-state index is 13.2. The van der Waals surface area contributed by atoms with E-state index in [0.717, 1.165) is 14.9 Å². The summed E-state index contributed by atoms with van der Waals surface area (Å²) < 4.78 is 14.8. The smallest absolute Gasteiger partial charge is 0.124 e. The van der Waals surface area contributed by atoms with Crippen molar-refractivity contribution in [3.05, 3.63) is 54.8 Å². The number of hydrogen-bond acceptors (Lipinski definition) is 2. The molecule has 0 aliphatic carbocycles. The van der Waals surface area contributed by atoms with Gasteiger partial charge in [-0.2, -0.15) is 0 Å². The average Bonchev–Trinajstić information content (AvgIpc) is 2.63. The largest absolute Gasteiger partial charge is 0.387 e. The summed E-state index contributed by atoms with van der Waals surface area (Å²) >= 11 is 8.06. The van der Waals surface area contributed by atoms with E-state index < -0.39 is 6.10 Å². The minimum Gasteiger partial charge on any atom is -0.387 e. The highest BCUT2D eigenvalue weighted by molar-refractivity contribution is 9.10. The zero-order chi connectivity index (χ0) is 12.4. The van der Waals surface area contributed by atoms with E-state index in [-0.39, 0.29) is 5.82 Å². The van der Waals surface area contributed by atoms with E-state index in [0.29, 0.717) is 10.9 Å². The van der Waals surface area contributed by atoms with Gasteiger partial charge in [0.1, 0.15) is 5.82 Å². The first-order valence-corrected chi connectivity index (χ1v) is 7.38. The van der Waals surface area contributed by atoms with Gasteiger partial charge in [-0.25, -0.2) is 4.39 Å². The Hall–Kier alpha value is -0.230. The lowest BCUT2D eigenvalue weighted by Crippen LogP contribution is -2.00. The van der Waals surface area contributed by atoms with Gasteiger partial charge in [-0.05, 0) is 45.8 Å². The standard InChI is InChI=1S/C12H9Br2FOS/c13-8-1-7(2-10(15)4-8)3-11(16)12-5-9(14)6-17-12/h1-2,4-6,11,16H,3H2. The highest BCUT2D eigenvalue weighted by Crippen LogP contribution is 2.28. The molecular formula is C12H9Br2FOS. The van der Waals surface area contributed by atoms with Gasteiger partial charge >= 0.3 is 0 Å². The molecule has 1 N–H and O–H groups in total. The van der Waals surface area contributed by atoms with Crippen LogP contribution in [0.4, 0.5) is 4.39 Å². The van der Waals surface area contributed by atoms with Crippen LogP contribution in [0.15, 0.2) is 38.6 Å². The maximum Gasteiger partial charge on any atom is 0.124 e. The second-order valence-corrected chi connectivity index (χ2v) is 6.44. The summed E-state index contributed by atoms with van der Waals surface area (Å²) in [6.07, 6.45) is -0.191. The van der Waals surface area contributed by atoms with Crippen LogP contribution in [-0.4, -0.2) is 5.11 Å². The van der Waals surface area contributed by atoms with Crippen molar-refractivity contribution in [3.8, 4) is 0 Å². The van der Waals surface area contributed by atoms with Crippen LogP contribution in [-0.2, 0) is 6.42 Å². The van der Waals surface area contributed by atoms with Crippen molar-refractivity contribution < 1.29 is 9.50 Å². The number of aliphatic hydroxyl groups is 1. The summed E-state index contributed by atoms with van der Waals surface area (Å²) in [5.41, 5.74) is 0.772. The molecule has 0 saturated carbocycles. The van der Waals surface area contributed by atoms with Crippen molar-refractivity contribution in [2.24, 2.45) is 0 Å². The monoisotopic (exact) mass is 378 g/mol. The maximum atomic E-state index is 13.2. The zero-order valence-corrected chi connectivity index (χ0v) is 12.6. The molecule has 0 spiro atoms. The van der Waals surface area contributed by atoms with Gasteiger partial charge in [0, 0.05) is 25.6 Å². The Morgan fingerprint density at radius 3 is 2.53 bits per heavy atom. The van der Waals surface area contributed by atoms with Crippen LogP contribution in [0.2, 0.25) is 0 Å². The molecule has 2 aromatic rings. The molecule has 0 fully saturated rings. The normalized spacial score (nSPS) is 12.7. The molecule has 0 aliphatic rings. The molecule has 1 aromatic carbocycles. The number of thiophene rings is 1. The quantitative estimate of drug-likeness (QED) is 0.820. The van der Waals surface area contributed by atoms with Crippen molar-refractivity contribution in [1.82, 2.24) is 0 Å². The molecule has 1 atom stereocenters. The van der Waals surface area contributed by atoms with Gasteiger partial charge in [0.2, 0.25) is 0 Å². The molecule has 0 amide bonds. The molecule has 0 radical (unpaired) electrons. The fraction of sp³-hybridized carbons (Fsp3) is 0.167.